The van der Waals surface area contributed by atoms with Crippen LogP contribution >= 0.6 is 11.6 Å². The Balaban J connectivity index is 2.28. The standard InChI is InChI=1S/C13H10ClFN2O3/c14-10-5-8(7-16)1-3-12(10)20-13-4-2-9(17(18)19)6-11(13)15/h1-6H,7,16H2. The molecule has 0 heterocycles. The molecular formula is C13H10ClFN2O3. The largest absolute Gasteiger partial charge is 0.453 e. The Kier molecular flexibility index (Phi) is 4.16. The van der Waals surface area contributed by atoms with Gasteiger partial charge in [0.25, 0.3) is 5.69 Å². The molecule has 0 radical (unpaired) electrons. The minimum Gasteiger partial charge on any atom is -0.453 e. The Bertz CT molecular complexity index is 664. The molecule has 0 spiro atoms. The molecule has 104 valence electrons. The highest BCUT2D eigenvalue weighted by atomic mass is 35.5. The number of halogens is 2. The van der Waals surface area contributed by atoms with Crippen molar-refractivity contribution in [2.24, 2.45) is 5.73 Å². The van der Waals surface area contributed by atoms with Crippen molar-refractivity contribution in [2.45, 2.75) is 6.54 Å². The van der Waals surface area contributed by atoms with Crippen LogP contribution in [-0.2, 0) is 6.54 Å². The van der Waals surface area contributed by atoms with Crippen molar-refractivity contribution in [3.8, 4) is 11.5 Å². The van der Waals surface area contributed by atoms with Crippen LogP contribution in [0.25, 0.3) is 0 Å². The van der Waals surface area contributed by atoms with Gasteiger partial charge < -0.3 is 10.5 Å². The molecular weight excluding hydrogens is 287 g/mol. The van der Waals surface area contributed by atoms with E-state index in [1.54, 1.807) is 18.2 Å². The number of benzene rings is 2. The average molecular weight is 297 g/mol. The summed E-state index contributed by atoms with van der Waals surface area (Å²) in [7, 11) is 0. The van der Waals surface area contributed by atoms with Gasteiger partial charge in [0.05, 0.1) is 16.0 Å². The molecule has 2 rings (SSSR count). The maximum atomic E-state index is 13.7. The van der Waals surface area contributed by atoms with Crippen LogP contribution in [0.15, 0.2) is 36.4 Å². The molecule has 0 fully saturated rings. The highest BCUT2D eigenvalue weighted by Gasteiger charge is 2.13. The normalized spacial score (nSPS) is 10.3. The number of ether oxygens (including phenoxy) is 1. The monoisotopic (exact) mass is 296 g/mol. The van der Waals surface area contributed by atoms with Crippen molar-refractivity contribution in [3.63, 3.8) is 0 Å². The summed E-state index contributed by atoms with van der Waals surface area (Å²) in [5, 5.41) is 10.8. The molecule has 0 saturated heterocycles. The van der Waals surface area contributed by atoms with Gasteiger partial charge in [-0.05, 0) is 23.8 Å². The molecule has 0 aliphatic heterocycles. The molecule has 5 nitrogen and oxygen atoms in total. The lowest BCUT2D eigenvalue weighted by Crippen LogP contribution is -1.97. The first-order valence-electron chi connectivity index (χ1n) is 5.61. The predicted octanol–water partition coefficient (Wildman–Crippen LogP) is 3.64. The van der Waals surface area contributed by atoms with E-state index in [0.717, 1.165) is 17.7 Å². The maximum absolute atomic E-state index is 13.7. The van der Waals surface area contributed by atoms with Crippen molar-refractivity contribution in [1.29, 1.82) is 0 Å². The van der Waals surface area contributed by atoms with Crippen LogP contribution in [0.5, 0.6) is 11.5 Å². The summed E-state index contributed by atoms with van der Waals surface area (Å²) in [6.07, 6.45) is 0. The summed E-state index contributed by atoms with van der Waals surface area (Å²) in [5.41, 5.74) is 5.93. The van der Waals surface area contributed by atoms with Gasteiger partial charge in [0.1, 0.15) is 5.75 Å². The van der Waals surface area contributed by atoms with E-state index in [-0.39, 0.29) is 22.2 Å². The molecule has 0 atom stereocenters. The molecule has 20 heavy (non-hydrogen) atoms. The molecule has 2 aromatic rings. The van der Waals surface area contributed by atoms with E-state index in [9.17, 15) is 14.5 Å². The van der Waals surface area contributed by atoms with E-state index < -0.39 is 10.7 Å². The second kappa shape index (κ2) is 5.85. The number of nitro benzene ring substituents is 1. The Hall–Kier alpha value is -2.18. The topological polar surface area (TPSA) is 78.4 Å². The lowest BCUT2D eigenvalue weighted by Gasteiger charge is -2.09. The van der Waals surface area contributed by atoms with Crippen molar-refractivity contribution in [3.05, 3.63) is 62.9 Å². The summed E-state index contributed by atoms with van der Waals surface area (Å²) < 4.78 is 19.0. The molecule has 0 saturated carbocycles. The molecule has 7 heteroatoms. The molecule has 0 bridgehead atoms. The van der Waals surface area contributed by atoms with E-state index in [0.29, 0.717) is 6.54 Å². The first kappa shape index (κ1) is 14.2. The quantitative estimate of drug-likeness (QED) is 0.690. The summed E-state index contributed by atoms with van der Waals surface area (Å²) in [4.78, 5) is 9.83. The van der Waals surface area contributed by atoms with Crippen LogP contribution in [0.1, 0.15) is 5.56 Å². The van der Waals surface area contributed by atoms with E-state index in [1.165, 1.54) is 6.07 Å². The van der Waals surface area contributed by atoms with Crippen molar-refractivity contribution < 1.29 is 14.1 Å². The van der Waals surface area contributed by atoms with Gasteiger partial charge in [0, 0.05) is 12.6 Å². The van der Waals surface area contributed by atoms with Gasteiger partial charge in [-0.2, -0.15) is 0 Å². The van der Waals surface area contributed by atoms with Crippen LogP contribution in [0.4, 0.5) is 10.1 Å². The van der Waals surface area contributed by atoms with Crippen LogP contribution in [0, 0.1) is 15.9 Å². The summed E-state index contributed by atoms with van der Waals surface area (Å²) >= 11 is 5.98. The summed E-state index contributed by atoms with van der Waals surface area (Å²) in [6.45, 7) is 0.325. The third-order valence-corrected chi connectivity index (χ3v) is 2.87. The fourth-order valence-electron chi connectivity index (χ4n) is 1.56. The van der Waals surface area contributed by atoms with Crippen LogP contribution in [0.3, 0.4) is 0 Å². The molecule has 2 N–H and O–H groups in total. The second-order valence-corrected chi connectivity index (χ2v) is 4.35. The predicted molar refractivity (Wildman–Crippen MR) is 72.5 cm³/mol. The molecule has 2 aromatic carbocycles. The molecule has 0 aliphatic carbocycles. The first-order chi connectivity index (χ1) is 9.51. The highest BCUT2D eigenvalue weighted by molar-refractivity contribution is 6.32. The lowest BCUT2D eigenvalue weighted by atomic mass is 10.2. The van der Waals surface area contributed by atoms with Crippen LogP contribution in [0.2, 0.25) is 5.02 Å². The van der Waals surface area contributed by atoms with E-state index >= 15 is 0 Å². The average Bonchev–Trinajstić information content (AvgIpc) is 2.42. The van der Waals surface area contributed by atoms with E-state index in [4.69, 9.17) is 22.1 Å². The van der Waals surface area contributed by atoms with Gasteiger partial charge in [0.2, 0.25) is 0 Å². The third-order valence-electron chi connectivity index (χ3n) is 2.58. The van der Waals surface area contributed by atoms with Gasteiger partial charge in [-0.1, -0.05) is 17.7 Å². The van der Waals surface area contributed by atoms with Gasteiger partial charge in [-0.15, -0.1) is 0 Å². The van der Waals surface area contributed by atoms with Gasteiger partial charge in [0.15, 0.2) is 11.6 Å². The summed E-state index contributed by atoms with van der Waals surface area (Å²) in [5.74, 6) is -0.729. The zero-order valence-electron chi connectivity index (χ0n) is 10.2. The Morgan fingerprint density at radius 2 is 1.95 bits per heavy atom. The Labute approximate surface area is 118 Å². The zero-order valence-corrected chi connectivity index (χ0v) is 10.9. The van der Waals surface area contributed by atoms with E-state index in [1.807, 2.05) is 0 Å². The van der Waals surface area contributed by atoms with Crippen molar-refractivity contribution >= 4 is 17.3 Å². The Morgan fingerprint density at radius 3 is 2.50 bits per heavy atom. The van der Waals surface area contributed by atoms with Crippen LogP contribution in [-0.4, -0.2) is 4.92 Å². The zero-order chi connectivity index (χ0) is 14.7. The van der Waals surface area contributed by atoms with Gasteiger partial charge in [-0.25, -0.2) is 4.39 Å². The smallest absolute Gasteiger partial charge is 0.272 e. The fraction of sp³-hybridized carbons (Fsp3) is 0.0769. The number of hydrogen-bond acceptors (Lipinski definition) is 4. The van der Waals surface area contributed by atoms with Crippen molar-refractivity contribution in [1.82, 2.24) is 0 Å². The number of hydrogen-bond donors (Lipinski definition) is 1. The number of nitrogens with two attached hydrogens (primary N) is 1. The minimum atomic E-state index is -0.835. The minimum absolute atomic E-state index is 0.141. The number of nitrogens with zero attached hydrogens (tertiary/aromatic N) is 1. The first-order valence-corrected chi connectivity index (χ1v) is 5.99. The van der Waals surface area contributed by atoms with E-state index in [2.05, 4.69) is 0 Å². The molecule has 0 unspecified atom stereocenters. The third kappa shape index (κ3) is 3.04. The second-order valence-electron chi connectivity index (χ2n) is 3.94. The van der Waals surface area contributed by atoms with Gasteiger partial charge in [-0.3, -0.25) is 10.1 Å². The Morgan fingerprint density at radius 1 is 1.25 bits per heavy atom. The fourth-order valence-corrected chi connectivity index (χ4v) is 1.80. The molecule has 0 aliphatic rings. The number of rotatable bonds is 4. The maximum Gasteiger partial charge on any atom is 0.272 e. The molecule has 0 amide bonds. The SMILES string of the molecule is NCc1ccc(Oc2ccc([N+](=O)[O-])cc2F)c(Cl)c1. The summed E-state index contributed by atoms with van der Waals surface area (Å²) in [6, 6.07) is 7.99. The highest BCUT2D eigenvalue weighted by Crippen LogP contribution is 2.32. The number of nitro groups is 1. The van der Waals surface area contributed by atoms with Crippen LogP contribution < -0.4 is 10.5 Å². The van der Waals surface area contributed by atoms with Gasteiger partial charge >= 0.3 is 0 Å². The number of non-ortho nitro benzene ring substituents is 1. The molecule has 0 aromatic heterocycles. The lowest BCUT2D eigenvalue weighted by molar-refractivity contribution is -0.385. The van der Waals surface area contributed by atoms with Crippen molar-refractivity contribution in [2.75, 3.05) is 0 Å².